The van der Waals surface area contributed by atoms with Crippen molar-refractivity contribution in [2.45, 2.75) is 57.4 Å². The number of benzene rings is 1. The normalized spacial score (nSPS) is 19.3. The summed E-state index contributed by atoms with van der Waals surface area (Å²) in [6.07, 6.45) is 7.21. The molecule has 0 aromatic heterocycles. The minimum absolute atomic E-state index is 0.0215. The van der Waals surface area contributed by atoms with Gasteiger partial charge in [0.25, 0.3) is 0 Å². The first-order valence-corrected chi connectivity index (χ1v) is 11.9. The Bertz CT molecular complexity index is 829. The average molecular weight is 444 g/mol. The van der Waals surface area contributed by atoms with Gasteiger partial charge in [-0.25, -0.2) is 4.79 Å². The Hall–Kier alpha value is -2.77. The molecule has 0 bridgehead atoms. The maximum absolute atomic E-state index is 12.9. The number of carbonyl (C=O) groups excluding carboxylic acids is 3. The van der Waals surface area contributed by atoms with Gasteiger partial charge in [0.15, 0.2) is 17.3 Å². The molecule has 174 valence electrons. The predicted octanol–water partition coefficient (Wildman–Crippen LogP) is 2.90. The molecule has 3 aliphatic rings. The molecule has 3 amide bonds. The number of ketones is 1. The number of fused-ring (bicyclic) bond motifs is 1. The lowest BCUT2D eigenvalue weighted by Crippen LogP contribution is -2.45. The summed E-state index contributed by atoms with van der Waals surface area (Å²) in [6, 6.07) is 5.41. The highest BCUT2D eigenvalue weighted by molar-refractivity contribution is 5.98. The number of amides is 3. The van der Waals surface area contributed by atoms with Gasteiger partial charge >= 0.3 is 6.03 Å². The van der Waals surface area contributed by atoms with Crippen LogP contribution in [0.15, 0.2) is 18.2 Å². The molecule has 1 aromatic carbocycles. The Kier molecular flexibility index (Phi) is 7.50. The standard InChI is InChI=1S/C24H33N3O5/c28-22(8-11-25-24(30)26-19-4-2-1-3-5-19)27-12-9-17(10-13-27)23(29)18-6-7-20-21(16-18)32-15-14-31-20/h6-7,16-17,19H,1-5,8-15H2,(H2,25,26,30). The molecule has 0 spiro atoms. The Morgan fingerprint density at radius 1 is 0.938 bits per heavy atom. The van der Waals surface area contributed by atoms with Crippen LogP contribution < -0.4 is 20.1 Å². The van der Waals surface area contributed by atoms with Gasteiger partial charge in [-0.3, -0.25) is 9.59 Å². The third kappa shape index (κ3) is 5.72. The second-order valence-electron chi connectivity index (χ2n) is 8.86. The highest BCUT2D eigenvalue weighted by Crippen LogP contribution is 2.32. The zero-order valence-electron chi connectivity index (χ0n) is 18.6. The fourth-order valence-electron chi connectivity index (χ4n) is 4.75. The number of hydrogen-bond donors (Lipinski definition) is 2. The van der Waals surface area contributed by atoms with Crippen LogP contribution in [0.25, 0.3) is 0 Å². The molecule has 2 aliphatic heterocycles. The van der Waals surface area contributed by atoms with Crippen molar-refractivity contribution in [2.24, 2.45) is 5.92 Å². The van der Waals surface area contributed by atoms with Crippen molar-refractivity contribution in [3.63, 3.8) is 0 Å². The smallest absolute Gasteiger partial charge is 0.315 e. The number of nitrogens with zero attached hydrogens (tertiary/aromatic N) is 1. The van der Waals surface area contributed by atoms with E-state index in [4.69, 9.17) is 9.47 Å². The third-order valence-electron chi connectivity index (χ3n) is 6.61. The van der Waals surface area contributed by atoms with Crippen LogP contribution in [0.5, 0.6) is 11.5 Å². The van der Waals surface area contributed by atoms with E-state index < -0.39 is 0 Å². The summed E-state index contributed by atoms with van der Waals surface area (Å²) in [5, 5.41) is 5.80. The summed E-state index contributed by atoms with van der Waals surface area (Å²) < 4.78 is 11.1. The van der Waals surface area contributed by atoms with Crippen LogP contribution in [0.3, 0.4) is 0 Å². The number of ether oxygens (including phenoxy) is 2. The van der Waals surface area contributed by atoms with Crippen molar-refractivity contribution in [1.29, 1.82) is 0 Å². The minimum Gasteiger partial charge on any atom is -0.486 e. The van der Waals surface area contributed by atoms with Crippen LogP contribution in [-0.2, 0) is 4.79 Å². The first kappa shape index (κ1) is 22.4. The van der Waals surface area contributed by atoms with Crippen LogP contribution in [-0.4, -0.2) is 61.5 Å². The molecule has 0 unspecified atom stereocenters. The maximum Gasteiger partial charge on any atom is 0.315 e. The van der Waals surface area contributed by atoms with Gasteiger partial charge in [0.1, 0.15) is 13.2 Å². The quantitative estimate of drug-likeness (QED) is 0.659. The highest BCUT2D eigenvalue weighted by Gasteiger charge is 2.28. The molecule has 1 saturated carbocycles. The number of Topliss-reactive ketones (excluding diaryl/α,β-unsaturated/α-hetero) is 1. The van der Waals surface area contributed by atoms with E-state index in [1.54, 1.807) is 23.1 Å². The zero-order valence-corrected chi connectivity index (χ0v) is 18.6. The van der Waals surface area contributed by atoms with E-state index in [0.717, 1.165) is 25.7 Å². The molecule has 8 heteroatoms. The molecular formula is C24H33N3O5. The summed E-state index contributed by atoms with van der Waals surface area (Å²) in [7, 11) is 0. The Labute approximate surface area is 189 Å². The molecule has 2 N–H and O–H groups in total. The molecule has 0 radical (unpaired) electrons. The molecule has 2 heterocycles. The van der Waals surface area contributed by atoms with E-state index in [2.05, 4.69) is 10.6 Å². The highest BCUT2D eigenvalue weighted by atomic mass is 16.6. The van der Waals surface area contributed by atoms with Crippen molar-refractivity contribution in [1.82, 2.24) is 15.5 Å². The lowest BCUT2D eigenvalue weighted by molar-refractivity contribution is -0.132. The third-order valence-corrected chi connectivity index (χ3v) is 6.61. The van der Waals surface area contributed by atoms with Crippen molar-refractivity contribution in [2.75, 3.05) is 32.8 Å². The topological polar surface area (TPSA) is 97.0 Å². The van der Waals surface area contributed by atoms with Crippen molar-refractivity contribution >= 4 is 17.7 Å². The van der Waals surface area contributed by atoms with Gasteiger partial charge < -0.3 is 25.0 Å². The van der Waals surface area contributed by atoms with E-state index >= 15 is 0 Å². The summed E-state index contributed by atoms with van der Waals surface area (Å²) in [6.45, 7) is 2.46. The maximum atomic E-state index is 12.9. The fourth-order valence-corrected chi connectivity index (χ4v) is 4.75. The summed E-state index contributed by atoms with van der Waals surface area (Å²) in [4.78, 5) is 39.2. The minimum atomic E-state index is -0.187. The molecule has 1 saturated heterocycles. The monoisotopic (exact) mass is 443 g/mol. The second-order valence-corrected chi connectivity index (χ2v) is 8.86. The predicted molar refractivity (Wildman–Crippen MR) is 119 cm³/mol. The number of hydrogen-bond acceptors (Lipinski definition) is 5. The number of likely N-dealkylation sites (tertiary alicyclic amines) is 1. The van der Waals surface area contributed by atoms with Crippen LogP contribution in [0.4, 0.5) is 4.79 Å². The second kappa shape index (κ2) is 10.7. The summed E-state index contributed by atoms with van der Waals surface area (Å²) in [5.41, 5.74) is 0.632. The van der Waals surface area contributed by atoms with Gasteiger partial charge in [0, 0.05) is 43.6 Å². The van der Waals surface area contributed by atoms with Crippen molar-refractivity contribution in [3.05, 3.63) is 23.8 Å². The SMILES string of the molecule is O=C(NCCC(=O)N1CCC(C(=O)c2ccc3c(c2)OCCO3)CC1)NC1CCCCC1. The average Bonchev–Trinajstić information content (AvgIpc) is 2.84. The molecule has 2 fully saturated rings. The summed E-state index contributed by atoms with van der Waals surface area (Å²) in [5.74, 6) is 1.31. The Morgan fingerprint density at radius 3 is 2.41 bits per heavy atom. The molecule has 32 heavy (non-hydrogen) atoms. The first-order chi connectivity index (χ1) is 15.6. The van der Waals surface area contributed by atoms with Crippen molar-refractivity contribution < 1.29 is 23.9 Å². The van der Waals surface area contributed by atoms with Crippen LogP contribution in [0, 0.1) is 5.92 Å². The van der Waals surface area contributed by atoms with Crippen LogP contribution in [0.2, 0.25) is 0 Å². The van der Waals surface area contributed by atoms with Crippen LogP contribution in [0.1, 0.15) is 61.7 Å². The Morgan fingerprint density at radius 2 is 1.66 bits per heavy atom. The van der Waals surface area contributed by atoms with Gasteiger partial charge in [0.05, 0.1) is 0 Å². The molecule has 1 aromatic rings. The number of urea groups is 1. The molecule has 8 nitrogen and oxygen atoms in total. The first-order valence-electron chi connectivity index (χ1n) is 11.9. The van der Waals surface area contributed by atoms with E-state index in [1.165, 1.54) is 6.42 Å². The largest absolute Gasteiger partial charge is 0.486 e. The van der Waals surface area contributed by atoms with Crippen molar-refractivity contribution in [3.8, 4) is 11.5 Å². The number of carbonyl (C=O) groups is 3. The number of piperidine rings is 1. The zero-order chi connectivity index (χ0) is 22.3. The lowest BCUT2D eigenvalue weighted by Gasteiger charge is -2.31. The number of rotatable bonds is 6. The number of nitrogens with one attached hydrogen (secondary N) is 2. The van der Waals surface area contributed by atoms with E-state index in [-0.39, 0.29) is 36.1 Å². The van der Waals surface area contributed by atoms with E-state index in [0.29, 0.717) is 62.8 Å². The van der Waals surface area contributed by atoms with Crippen LogP contribution >= 0.6 is 0 Å². The fraction of sp³-hybridized carbons (Fsp3) is 0.625. The van der Waals surface area contributed by atoms with E-state index in [1.807, 2.05) is 0 Å². The molecular weight excluding hydrogens is 410 g/mol. The summed E-state index contributed by atoms with van der Waals surface area (Å²) >= 11 is 0. The van der Waals surface area contributed by atoms with Gasteiger partial charge in [0.2, 0.25) is 5.91 Å². The van der Waals surface area contributed by atoms with Gasteiger partial charge in [-0.1, -0.05) is 19.3 Å². The molecule has 1 aliphatic carbocycles. The van der Waals surface area contributed by atoms with E-state index in [9.17, 15) is 14.4 Å². The van der Waals surface area contributed by atoms with Gasteiger partial charge in [-0.2, -0.15) is 0 Å². The molecule has 0 atom stereocenters. The molecule has 4 rings (SSSR count). The van der Waals surface area contributed by atoms with Gasteiger partial charge in [-0.05, 0) is 43.9 Å². The lowest BCUT2D eigenvalue weighted by atomic mass is 9.88. The van der Waals surface area contributed by atoms with Gasteiger partial charge in [-0.15, -0.1) is 0 Å². The Balaban J connectivity index is 1.17.